The highest BCUT2D eigenvalue weighted by atomic mass is 19.1. The first kappa shape index (κ1) is 14.6. The minimum absolute atomic E-state index is 0.0258. The summed E-state index contributed by atoms with van der Waals surface area (Å²) < 4.78 is 19.3. The molecule has 24 heavy (non-hydrogen) atoms. The van der Waals surface area contributed by atoms with Crippen LogP contribution in [0.3, 0.4) is 0 Å². The molecule has 0 spiro atoms. The van der Waals surface area contributed by atoms with Gasteiger partial charge in [0.1, 0.15) is 23.6 Å². The lowest BCUT2D eigenvalue weighted by molar-refractivity contribution is 0.0818. The van der Waals surface area contributed by atoms with E-state index in [4.69, 9.17) is 4.74 Å². The van der Waals surface area contributed by atoms with E-state index < -0.39 is 5.41 Å². The molecule has 3 heteroatoms. The van der Waals surface area contributed by atoms with E-state index >= 15 is 0 Å². The van der Waals surface area contributed by atoms with Crippen LogP contribution < -0.4 is 4.74 Å². The van der Waals surface area contributed by atoms with Crippen molar-refractivity contribution in [2.75, 3.05) is 6.61 Å². The lowest BCUT2D eigenvalue weighted by atomic mass is 9.69. The quantitative estimate of drug-likeness (QED) is 0.700. The number of benzene rings is 3. The van der Waals surface area contributed by atoms with Crippen molar-refractivity contribution in [3.05, 3.63) is 101 Å². The molecule has 2 nitrogen and oxygen atoms in total. The number of rotatable bonds is 2. The Kier molecular flexibility index (Phi) is 3.42. The summed E-state index contributed by atoms with van der Waals surface area (Å²) in [6.07, 6.45) is 0. The molecule has 0 saturated heterocycles. The Balaban J connectivity index is 1.96. The largest absolute Gasteiger partial charge is 0.491 e. The number of ketones is 1. The van der Waals surface area contributed by atoms with Gasteiger partial charge in [-0.05, 0) is 35.4 Å². The van der Waals surface area contributed by atoms with Crippen molar-refractivity contribution in [3.63, 3.8) is 0 Å². The molecular formula is C21H15FO2. The molecule has 0 bridgehead atoms. The average molecular weight is 318 g/mol. The monoisotopic (exact) mass is 318 g/mol. The molecule has 4 rings (SSSR count). The highest BCUT2D eigenvalue weighted by Gasteiger charge is 2.46. The van der Waals surface area contributed by atoms with Crippen molar-refractivity contribution in [2.45, 2.75) is 5.41 Å². The molecule has 0 fully saturated rings. The third kappa shape index (κ3) is 2.13. The van der Waals surface area contributed by atoms with Crippen LogP contribution in [0.2, 0.25) is 0 Å². The predicted molar refractivity (Wildman–Crippen MR) is 89.9 cm³/mol. The van der Waals surface area contributed by atoms with Crippen LogP contribution in [0.5, 0.6) is 5.75 Å². The molecule has 0 N–H and O–H groups in total. The maximum atomic E-state index is 13.5. The number of para-hydroxylation sites is 1. The highest BCUT2D eigenvalue weighted by Crippen LogP contribution is 2.41. The van der Waals surface area contributed by atoms with Gasteiger partial charge in [-0.25, -0.2) is 4.39 Å². The number of halogens is 1. The van der Waals surface area contributed by atoms with Crippen molar-refractivity contribution in [2.24, 2.45) is 0 Å². The third-order valence-corrected chi connectivity index (χ3v) is 4.57. The Morgan fingerprint density at radius 1 is 0.792 bits per heavy atom. The Bertz CT molecular complexity index is 887. The van der Waals surface area contributed by atoms with Crippen LogP contribution in [0.1, 0.15) is 21.5 Å². The summed E-state index contributed by atoms with van der Waals surface area (Å²) in [5.41, 5.74) is 1.16. The molecule has 0 amide bonds. The summed E-state index contributed by atoms with van der Waals surface area (Å²) in [6, 6.07) is 22.9. The van der Waals surface area contributed by atoms with Crippen LogP contribution in [-0.2, 0) is 5.41 Å². The molecular weight excluding hydrogens is 303 g/mol. The fourth-order valence-corrected chi connectivity index (χ4v) is 3.31. The van der Waals surface area contributed by atoms with Gasteiger partial charge >= 0.3 is 0 Å². The van der Waals surface area contributed by atoms with E-state index in [0.29, 0.717) is 11.3 Å². The highest BCUT2D eigenvalue weighted by molar-refractivity contribution is 6.09. The molecule has 1 aliphatic rings. The molecule has 0 radical (unpaired) electrons. The van der Waals surface area contributed by atoms with E-state index in [0.717, 1.165) is 11.1 Å². The number of hydrogen-bond acceptors (Lipinski definition) is 2. The van der Waals surface area contributed by atoms with Crippen molar-refractivity contribution < 1.29 is 13.9 Å². The Morgan fingerprint density at radius 3 is 2.17 bits per heavy atom. The fourth-order valence-electron chi connectivity index (χ4n) is 3.31. The van der Waals surface area contributed by atoms with E-state index in [1.165, 1.54) is 12.1 Å². The topological polar surface area (TPSA) is 26.3 Å². The van der Waals surface area contributed by atoms with Crippen LogP contribution in [0.15, 0.2) is 78.9 Å². The summed E-state index contributed by atoms with van der Waals surface area (Å²) in [4.78, 5) is 13.5. The first-order chi connectivity index (χ1) is 11.7. The number of ether oxygens (including phenoxy) is 1. The number of fused-ring (bicyclic) bond motifs is 1. The van der Waals surface area contributed by atoms with Crippen LogP contribution in [0, 0.1) is 5.82 Å². The fraction of sp³-hybridized carbons (Fsp3) is 0.0952. The molecule has 118 valence electrons. The van der Waals surface area contributed by atoms with Gasteiger partial charge in [0.15, 0.2) is 5.78 Å². The first-order valence-electron chi connectivity index (χ1n) is 7.80. The lowest BCUT2D eigenvalue weighted by Crippen LogP contribution is -2.46. The molecule has 1 aliphatic heterocycles. The summed E-state index contributed by atoms with van der Waals surface area (Å²) in [5, 5.41) is 0. The van der Waals surface area contributed by atoms with E-state index in [1.54, 1.807) is 24.3 Å². The second-order valence-corrected chi connectivity index (χ2v) is 5.89. The van der Waals surface area contributed by atoms with Crippen LogP contribution in [0.25, 0.3) is 0 Å². The average Bonchev–Trinajstić information content (AvgIpc) is 2.64. The van der Waals surface area contributed by atoms with Crippen molar-refractivity contribution >= 4 is 5.78 Å². The SMILES string of the molecule is O=C1c2ccccc2OC[C@]1(c1ccccc1)c1ccc(F)cc1. The van der Waals surface area contributed by atoms with Gasteiger partial charge in [-0.15, -0.1) is 0 Å². The van der Waals surface area contributed by atoms with Crippen molar-refractivity contribution in [1.29, 1.82) is 0 Å². The smallest absolute Gasteiger partial charge is 0.184 e. The van der Waals surface area contributed by atoms with Gasteiger partial charge in [-0.2, -0.15) is 0 Å². The summed E-state index contributed by atoms with van der Waals surface area (Å²) in [5.74, 6) is 0.241. The Hall–Kier alpha value is -2.94. The minimum Gasteiger partial charge on any atom is -0.491 e. The van der Waals surface area contributed by atoms with Crippen LogP contribution >= 0.6 is 0 Å². The molecule has 3 aromatic carbocycles. The molecule has 1 heterocycles. The second-order valence-electron chi connectivity index (χ2n) is 5.89. The molecule has 3 aromatic rings. The maximum Gasteiger partial charge on any atom is 0.184 e. The summed E-state index contributed by atoms with van der Waals surface area (Å²) in [6.45, 7) is 0.193. The number of carbonyl (C=O) groups is 1. The van der Waals surface area contributed by atoms with Crippen LogP contribution in [-0.4, -0.2) is 12.4 Å². The molecule has 1 atom stereocenters. The predicted octanol–water partition coefficient (Wildman–Crippen LogP) is 4.39. The third-order valence-electron chi connectivity index (χ3n) is 4.57. The van der Waals surface area contributed by atoms with Gasteiger partial charge in [0.2, 0.25) is 0 Å². The van der Waals surface area contributed by atoms with E-state index in [9.17, 15) is 9.18 Å². The molecule has 0 unspecified atom stereocenters. The first-order valence-corrected chi connectivity index (χ1v) is 7.80. The van der Waals surface area contributed by atoms with Gasteiger partial charge in [0.05, 0.1) is 5.56 Å². The van der Waals surface area contributed by atoms with Crippen molar-refractivity contribution in [1.82, 2.24) is 0 Å². The van der Waals surface area contributed by atoms with E-state index in [2.05, 4.69) is 0 Å². The Morgan fingerprint density at radius 2 is 1.42 bits per heavy atom. The van der Waals surface area contributed by atoms with Crippen molar-refractivity contribution in [3.8, 4) is 5.75 Å². The van der Waals surface area contributed by atoms with E-state index in [-0.39, 0.29) is 18.2 Å². The van der Waals surface area contributed by atoms with Gasteiger partial charge in [-0.3, -0.25) is 4.79 Å². The maximum absolute atomic E-state index is 13.5. The molecule has 0 saturated carbocycles. The lowest BCUT2D eigenvalue weighted by Gasteiger charge is -2.37. The number of carbonyl (C=O) groups excluding carboxylic acids is 1. The zero-order chi connectivity index (χ0) is 16.6. The van der Waals surface area contributed by atoms with E-state index in [1.807, 2.05) is 42.5 Å². The summed E-state index contributed by atoms with van der Waals surface area (Å²) in [7, 11) is 0. The standard InChI is InChI=1S/C21H15FO2/c22-17-12-10-16(11-13-17)21(15-6-2-1-3-7-15)14-24-19-9-5-4-8-18(19)20(21)23/h1-13H,14H2/t21-/m0/s1. The van der Waals surface area contributed by atoms with Crippen LogP contribution in [0.4, 0.5) is 4.39 Å². The van der Waals surface area contributed by atoms with Gasteiger partial charge in [-0.1, -0.05) is 54.6 Å². The number of hydrogen-bond donors (Lipinski definition) is 0. The normalized spacial score (nSPS) is 19.5. The summed E-state index contributed by atoms with van der Waals surface area (Å²) >= 11 is 0. The molecule has 0 aliphatic carbocycles. The minimum atomic E-state index is -0.969. The number of Topliss-reactive ketones (excluding diaryl/α,β-unsaturated/α-hetero) is 1. The zero-order valence-electron chi connectivity index (χ0n) is 12.9. The van der Waals surface area contributed by atoms with Gasteiger partial charge in [0.25, 0.3) is 0 Å². The Labute approximate surface area is 139 Å². The zero-order valence-corrected chi connectivity index (χ0v) is 12.9. The molecule has 0 aromatic heterocycles. The second kappa shape index (κ2) is 5.60. The van der Waals surface area contributed by atoms with Gasteiger partial charge < -0.3 is 4.74 Å². The van der Waals surface area contributed by atoms with Gasteiger partial charge in [0, 0.05) is 0 Å².